The molecule has 0 unspecified atom stereocenters. The summed E-state index contributed by atoms with van der Waals surface area (Å²) in [5, 5.41) is 2.90. The van der Waals surface area contributed by atoms with Gasteiger partial charge in [-0.05, 0) is 18.7 Å². The average molecular weight is 306 g/mol. The molecule has 1 aliphatic rings. The molecule has 2 rings (SSSR count). The van der Waals surface area contributed by atoms with E-state index in [1.807, 2.05) is 24.3 Å². The highest BCUT2D eigenvalue weighted by atomic mass is 32.1. The standard InChI is InChI=1S/C15H22N4OS/c1-2-18-7-9-19(10-8-18)11-14(20)17-13-6-4-3-5-12(13)15(16)21/h3-6H,2,7-11H2,1H3,(H2,16,21)(H,17,20). The van der Waals surface area contributed by atoms with Gasteiger partial charge in [0.1, 0.15) is 4.99 Å². The van der Waals surface area contributed by atoms with Gasteiger partial charge in [-0.15, -0.1) is 0 Å². The Hall–Kier alpha value is -1.50. The van der Waals surface area contributed by atoms with E-state index in [4.69, 9.17) is 18.0 Å². The first kappa shape index (κ1) is 15.9. The second kappa shape index (κ2) is 7.49. The third-order valence-electron chi connectivity index (χ3n) is 3.75. The highest BCUT2D eigenvalue weighted by Crippen LogP contribution is 2.14. The van der Waals surface area contributed by atoms with Gasteiger partial charge in [0.05, 0.1) is 12.2 Å². The normalized spacial score (nSPS) is 16.6. The SMILES string of the molecule is CCN1CCN(CC(=O)Nc2ccccc2C(N)=S)CC1. The fourth-order valence-electron chi connectivity index (χ4n) is 2.46. The third kappa shape index (κ3) is 4.49. The van der Waals surface area contributed by atoms with Crippen LogP contribution in [0.3, 0.4) is 0 Å². The van der Waals surface area contributed by atoms with Crippen molar-refractivity contribution in [2.24, 2.45) is 5.73 Å². The van der Waals surface area contributed by atoms with Crippen molar-refractivity contribution < 1.29 is 4.79 Å². The summed E-state index contributed by atoms with van der Waals surface area (Å²) >= 11 is 5.00. The molecular weight excluding hydrogens is 284 g/mol. The highest BCUT2D eigenvalue weighted by molar-refractivity contribution is 7.80. The smallest absolute Gasteiger partial charge is 0.238 e. The van der Waals surface area contributed by atoms with Gasteiger partial charge in [-0.2, -0.15) is 0 Å². The van der Waals surface area contributed by atoms with Crippen molar-refractivity contribution in [1.29, 1.82) is 0 Å². The first-order valence-electron chi connectivity index (χ1n) is 7.23. The van der Waals surface area contributed by atoms with Crippen LogP contribution in [0, 0.1) is 0 Å². The number of likely N-dealkylation sites (N-methyl/N-ethyl adjacent to an activating group) is 1. The number of hydrogen-bond donors (Lipinski definition) is 2. The summed E-state index contributed by atoms with van der Waals surface area (Å²) in [6.07, 6.45) is 0. The Kier molecular flexibility index (Phi) is 5.67. The Morgan fingerprint density at radius 2 is 1.86 bits per heavy atom. The van der Waals surface area contributed by atoms with E-state index in [2.05, 4.69) is 22.0 Å². The van der Waals surface area contributed by atoms with Crippen LogP contribution in [0.15, 0.2) is 24.3 Å². The van der Waals surface area contributed by atoms with Crippen molar-refractivity contribution >= 4 is 28.8 Å². The molecule has 1 amide bonds. The Balaban J connectivity index is 1.89. The van der Waals surface area contributed by atoms with Crippen LogP contribution in [-0.4, -0.2) is 60.0 Å². The second-order valence-electron chi connectivity index (χ2n) is 5.17. The first-order chi connectivity index (χ1) is 10.1. The van der Waals surface area contributed by atoms with E-state index >= 15 is 0 Å². The lowest BCUT2D eigenvalue weighted by Crippen LogP contribution is -2.48. The van der Waals surface area contributed by atoms with Crippen LogP contribution in [0.4, 0.5) is 5.69 Å². The number of hydrogen-bond acceptors (Lipinski definition) is 4. The number of piperazine rings is 1. The summed E-state index contributed by atoms with van der Waals surface area (Å²) < 4.78 is 0. The van der Waals surface area contributed by atoms with E-state index in [1.165, 1.54) is 0 Å². The van der Waals surface area contributed by atoms with Crippen LogP contribution in [0.1, 0.15) is 12.5 Å². The van der Waals surface area contributed by atoms with Crippen LogP contribution in [-0.2, 0) is 4.79 Å². The van der Waals surface area contributed by atoms with Crippen molar-refractivity contribution in [2.75, 3.05) is 44.6 Å². The van der Waals surface area contributed by atoms with E-state index in [9.17, 15) is 4.79 Å². The zero-order valence-corrected chi connectivity index (χ0v) is 13.2. The number of rotatable bonds is 5. The summed E-state index contributed by atoms with van der Waals surface area (Å²) in [6, 6.07) is 7.35. The molecule has 3 N–H and O–H groups in total. The van der Waals surface area contributed by atoms with Gasteiger partial charge in [0, 0.05) is 31.7 Å². The number of carbonyl (C=O) groups is 1. The maximum atomic E-state index is 12.2. The molecule has 0 atom stereocenters. The second-order valence-corrected chi connectivity index (χ2v) is 5.61. The monoisotopic (exact) mass is 306 g/mol. The number of thiocarbonyl (C=S) groups is 1. The molecule has 0 spiro atoms. The Bertz CT molecular complexity index is 512. The van der Waals surface area contributed by atoms with Crippen LogP contribution in [0.25, 0.3) is 0 Å². The predicted octanol–water partition coefficient (Wildman–Crippen LogP) is 0.897. The third-order valence-corrected chi connectivity index (χ3v) is 3.97. The van der Waals surface area contributed by atoms with Gasteiger partial charge in [0.2, 0.25) is 5.91 Å². The van der Waals surface area contributed by atoms with Gasteiger partial charge in [0.25, 0.3) is 0 Å². The van der Waals surface area contributed by atoms with Gasteiger partial charge >= 0.3 is 0 Å². The first-order valence-corrected chi connectivity index (χ1v) is 7.64. The number of carbonyl (C=O) groups excluding carboxylic acids is 1. The summed E-state index contributed by atoms with van der Waals surface area (Å²) in [4.78, 5) is 17.0. The molecule has 0 radical (unpaired) electrons. The Morgan fingerprint density at radius 3 is 2.48 bits per heavy atom. The lowest BCUT2D eigenvalue weighted by Gasteiger charge is -2.33. The van der Waals surface area contributed by atoms with Crippen molar-refractivity contribution in [3.8, 4) is 0 Å². The molecule has 114 valence electrons. The molecule has 1 heterocycles. The van der Waals surface area contributed by atoms with Crippen LogP contribution >= 0.6 is 12.2 Å². The largest absolute Gasteiger partial charge is 0.389 e. The van der Waals surface area contributed by atoms with Gasteiger partial charge in [-0.3, -0.25) is 9.69 Å². The zero-order valence-electron chi connectivity index (χ0n) is 12.3. The summed E-state index contributed by atoms with van der Waals surface area (Å²) in [7, 11) is 0. The average Bonchev–Trinajstić information content (AvgIpc) is 2.48. The molecule has 1 saturated heterocycles. The summed E-state index contributed by atoms with van der Waals surface area (Å²) in [6.45, 7) is 7.54. The van der Waals surface area contributed by atoms with Crippen molar-refractivity contribution in [3.63, 3.8) is 0 Å². The molecule has 0 aliphatic carbocycles. The number of benzene rings is 1. The van der Waals surface area contributed by atoms with Gasteiger partial charge < -0.3 is 16.0 Å². The molecule has 1 fully saturated rings. The predicted molar refractivity (Wildman–Crippen MR) is 89.5 cm³/mol. The van der Waals surface area contributed by atoms with Crippen molar-refractivity contribution in [1.82, 2.24) is 9.80 Å². The molecule has 1 aliphatic heterocycles. The van der Waals surface area contributed by atoms with Gasteiger partial charge in [-0.25, -0.2) is 0 Å². The number of nitrogens with one attached hydrogen (secondary N) is 1. The molecular formula is C15H22N4OS. The van der Waals surface area contributed by atoms with Crippen LogP contribution in [0.2, 0.25) is 0 Å². The van der Waals surface area contributed by atoms with Gasteiger partial charge in [0.15, 0.2) is 0 Å². The Labute approximate surface area is 131 Å². The van der Waals surface area contributed by atoms with E-state index in [0.717, 1.165) is 32.7 Å². The molecule has 0 aromatic heterocycles. The summed E-state index contributed by atoms with van der Waals surface area (Å²) in [5.41, 5.74) is 7.06. The maximum absolute atomic E-state index is 12.2. The number of nitrogens with two attached hydrogens (primary N) is 1. The Morgan fingerprint density at radius 1 is 1.24 bits per heavy atom. The topological polar surface area (TPSA) is 61.6 Å². The quantitative estimate of drug-likeness (QED) is 0.792. The van der Waals surface area contributed by atoms with Crippen molar-refractivity contribution in [2.45, 2.75) is 6.92 Å². The summed E-state index contributed by atoms with van der Waals surface area (Å²) in [5.74, 6) is -0.0244. The highest BCUT2D eigenvalue weighted by Gasteiger charge is 2.18. The van der Waals surface area contributed by atoms with Crippen molar-refractivity contribution in [3.05, 3.63) is 29.8 Å². The minimum Gasteiger partial charge on any atom is -0.389 e. The molecule has 0 bridgehead atoms. The molecule has 0 saturated carbocycles. The van der Waals surface area contributed by atoms with Crippen LogP contribution in [0.5, 0.6) is 0 Å². The fraction of sp³-hybridized carbons (Fsp3) is 0.467. The molecule has 5 nitrogen and oxygen atoms in total. The lowest BCUT2D eigenvalue weighted by atomic mass is 10.2. The number of para-hydroxylation sites is 1. The lowest BCUT2D eigenvalue weighted by molar-refractivity contribution is -0.117. The van der Waals surface area contributed by atoms with E-state index in [0.29, 0.717) is 22.8 Å². The maximum Gasteiger partial charge on any atom is 0.238 e. The van der Waals surface area contributed by atoms with E-state index in [-0.39, 0.29) is 5.91 Å². The van der Waals surface area contributed by atoms with Crippen LogP contribution < -0.4 is 11.1 Å². The molecule has 1 aromatic carbocycles. The zero-order chi connectivity index (χ0) is 15.2. The molecule has 6 heteroatoms. The minimum atomic E-state index is -0.0244. The number of nitrogens with zero attached hydrogens (tertiary/aromatic N) is 2. The van der Waals surface area contributed by atoms with E-state index < -0.39 is 0 Å². The van der Waals surface area contributed by atoms with Gasteiger partial charge in [-0.1, -0.05) is 31.3 Å². The number of anilines is 1. The number of amides is 1. The molecule has 21 heavy (non-hydrogen) atoms. The minimum absolute atomic E-state index is 0.0244. The van der Waals surface area contributed by atoms with E-state index in [1.54, 1.807) is 0 Å². The fourth-order valence-corrected chi connectivity index (χ4v) is 2.64. The molecule has 1 aromatic rings.